The third kappa shape index (κ3) is 5.83. The van der Waals surface area contributed by atoms with Crippen LogP contribution in [0.1, 0.15) is 46.6 Å². The lowest BCUT2D eigenvalue weighted by molar-refractivity contribution is -0.166. The molecule has 0 atom stereocenters. The molecule has 0 saturated heterocycles. The fraction of sp³-hybridized carbons (Fsp3) is 0.259. The third-order valence-electron chi connectivity index (χ3n) is 5.24. The fourth-order valence-electron chi connectivity index (χ4n) is 3.23. The average molecular weight is 432 g/mol. The maximum atomic E-state index is 12.8. The van der Waals surface area contributed by atoms with Crippen LogP contribution in [0.25, 0.3) is 6.08 Å². The quantitative estimate of drug-likeness (QED) is 0.345. The van der Waals surface area contributed by atoms with Gasteiger partial charge in [-0.3, -0.25) is 4.79 Å². The van der Waals surface area contributed by atoms with Gasteiger partial charge in [-0.15, -0.1) is 0 Å². The van der Waals surface area contributed by atoms with Gasteiger partial charge in [-0.2, -0.15) is 0 Å². The number of rotatable bonds is 9. The Bertz CT molecular complexity index is 1090. The number of benzene rings is 2. The molecular weight excluding hydrogens is 402 g/mol. The molecule has 0 aliphatic carbocycles. The fourth-order valence-corrected chi connectivity index (χ4v) is 3.23. The number of aromatic nitrogens is 1. The molecule has 5 heteroatoms. The van der Waals surface area contributed by atoms with Gasteiger partial charge in [0.2, 0.25) is 5.78 Å². The molecule has 1 heterocycles. The predicted octanol–water partition coefficient (Wildman–Crippen LogP) is 5.21. The Morgan fingerprint density at radius 2 is 1.69 bits per heavy atom. The van der Waals surface area contributed by atoms with E-state index in [-0.39, 0.29) is 5.78 Å². The van der Waals surface area contributed by atoms with Gasteiger partial charge in [0.1, 0.15) is 0 Å². The molecule has 5 nitrogen and oxygen atoms in total. The number of ether oxygens (including phenoxy) is 2. The molecule has 3 aromatic rings. The number of ketones is 1. The van der Waals surface area contributed by atoms with Crippen molar-refractivity contribution in [3.63, 3.8) is 0 Å². The summed E-state index contributed by atoms with van der Waals surface area (Å²) in [6, 6.07) is 19.3. The van der Waals surface area contributed by atoms with E-state index in [0.29, 0.717) is 24.4 Å². The summed E-state index contributed by atoms with van der Waals surface area (Å²) in [6.07, 6.45) is 5.95. The van der Waals surface area contributed by atoms with E-state index < -0.39 is 11.6 Å². The summed E-state index contributed by atoms with van der Waals surface area (Å²) >= 11 is 0. The van der Waals surface area contributed by atoms with Crippen molar-refractivity contribution < 1.29 is 19.1 Å². The monoisotopic (exact) mass is 431 g/mol. The van der Waals surface area contributed by atoms with Crippen LogP contribution in [0.5, 0.6) is 0 Å². The highest BCUT2D eigenvalue weighted by molar-refractivity contribution is 6.08. The van der Waals surface area contributed by atoms with Crippen molar-refractivity contribution in [2.45, 2.75) is 39.5 Å². The summed E-state index contributed by atoms with van der Waals surface area (Å²) in [5, 5.41) is 0. The van der Waals surface area contributed by atoms with E-state index in [1.807, 2.05) is 90.5 Å². The zero-order valence-corrected chi connectivity index (χ0v) is 19.0. The molecule has 0 aliphatic rings. The number of carbonyl (C=O) groups excluding carboxylic acids is 2. The van der Waals surface area contributed by atoms with Crippen LogP contribution in [-0.2, 0) is 27.4 Å². The van der Waals surface area contributed by atoms with Gasteiger partial charge in [0.15, 0.2) is 5.60 Å². The highest BCUT2D eigenvalue weighted by Gasteiger charge is 2.29. The van der Waals surface area contributed by atoms with Crippen molar-refractivity contribution in [2.24, 2.45) is 0 Å². The number of nitrogens with zero attached hydrogens (tertiary/aromatic N) is 1. The van der Waals surface area contributed by atoms with Crippen LogP contribution in [0.4, 0.5) is 0 Å². The number of esters is 1. The normalized spacial score (nSPS) is 11.6. The lowest BCUT2D eigenvalue weighted by atomic mass is 10.1. The van der Waals surface area contributed by atoms with Crippen molar-refractivity contribution in [1.29, 1.82) is 0 Å². The van der Waals surface area contributed by atoms with Crippen LogP contribution >= 0.6 is 0 Å². The molecule has 32 heavy (non-hydrogen) atoms. The Hall–Kier alpha value is -3.44. The maximum Gasteiger partial charge on any atom is 0.337 e. The summed E-state index contributed by atoms with van der Waals surface area (Å²) < 4.78 is 12.4. The molecule has 0 spiro atoms. The predicted molar refractivity (Wildman–Crippen MR) is 125 cm³/mol. The second-order valence-electron chi connectivity index (χ2n) is 8.18. The highest BCUT2D eigenvalue weighted by atomic mass is 16.6. The minimum absolute atomic E-state index is 0.0163. The van der Waals surface area contributed by atoms with Crippen molar-refractivity contribution in [3.05, 3.63) is 101 Å². The van der Waals surface area contributed by atoms with Crippen LogP contribution in [0, 0.1) is 6.92 Å². The van der Waals surface area contributed by atoms with Crippen molar-refractivity contribution >= 4 is 17.8 Å². The lowest BCUT2D eigenvalue weighted by Crippen LogP contribution is -2.35. The summed E-state index contributed by atoms with van der Waals surface area (Å²) in [4.78, 5) is 24.5. The van der Waals surface area contributed by atoms with Crippen LogP contribution in [0.2, 0.25) is 0 Å². The lowest BCUT2D eigenvalue weighted by Gasteiger charge is -2.22. The van der Waals surface area contributed by atoms with E-state index >= 15 is 0 Å². The minimum atomic E-state index is -0.988. The Morgan fingerprint density at radius 3 is 2.34 bits per heavy atom. The van der Waals surface area contributed by atoms with E-state index in [1.54, 1.807) is 13.8 Å². The van der Waals surface area contributed by atoms with Gasteiger partial charge >= 0.3 is 5.97 Å². The van der Waals surface area contributed by atoms with E-state index in [2.05, 4.69) is 0 Å². The van der Waals surface area contributed by atoms with Crippen LogP contribution in [0.15, 0.2) is 72.9 Å². The molecule has 0 fully saturated rings. The summed E-state index contributed by atoms with van der Waals surface area (Å²) in [5.41, 5.74) is 3.50. The molecule has 0 saturated carbocycles. The molecule has 3 rings (SSSR count). The number of allylic oxidation sites excluding steroid dienone is 1. The highest BCUT2D eigenvalue weighted by Crippen LogP contribution is 2.16. The topological polar surface area (TPSA) is 57.5 Å². The van der Waals surface area contributed by atoms with Gasteiger partial charge in [-0.05, 0) is 44.0 Å². The standard InChI is InChI=1S/C27H29NO4/c1-20-9-15-23(16-10-20)25(29)24-8-6-18-28(24)17-5-7-21-11-13-22(14-12-21)19-32-27(2,3)26(30)31-4/h5-16,18H,17,19H2,1-4H3/b7-5-. The van der Waals surface area contributed by atoms with Gasteiger partial charge in [0.05, 0.1) is 19.4 Å². The van der Waals surface area contributed by atoms with E-state index in [4.69, 9.17) is 9.47 Å². The zero-order chi connectivity index (χ0) is 23.1. The van der Waals surface area contributed by atoms with Crippen molar-refractivity contribution in [1.82, 2.24) is 4.57 Å². The largest absolute Gasteiger partial charge is 0.467 e. The molecule has 0 radical (unpaired) electrons. The number of carbonyl (C=O) groups is 2. The van der Waals surface area contributed by atoms with Crippen LogP contribution in [-0.4, -0.2) is 29.0 Å². The van der Waals surface area contributed by atoms with Crippen molar-refractivity contribution in [3.8, 4) is 0 Å². The first kappa shape index (κ1) is 23.2. The number of methoxy groups -OCH3 is 1. The first-order valence-electron chi connectivity index (χ1n) is 10.5. The molecule has 1 aromatic heterocycles. The first-order chi connectivity index (χ1) is 15.3. The van der Waals surface area contributed by atoms with Crippen LogP contribution in [0.3, 0.4) is 0 Å². The second-order valence-corrected chi connectivity index (χ2v) is 8.18. The Morgan fingerprint density at radius 1 is 1.00 bits per heavy atom. The van der Waals surface area contributed by atoms with Gasteiger partial charge in [-0.25, -0.2) is 4.79 Å². The van der Waals surface area contributed by atoms with E-state index in [0.717, 1.165) is 16.7 Å². The molecule has 0 aliphatic heterocycles. The maximum absolute atomic E-state index is 12.8. The average Bonchev–Trinajstić information content (AvgIpc) is 3.26. The second kappa shape index (κ2) is 10.2. The van der Waals surface area contributed by atoms with E-state index in [1.165, 1.54) is 7.11 Å². The molecular formula is C27H29NO4. The van der Waals surface area contributed by atoms with Gasteiger partial charge in [-0.1, -0.05) is 66.2 Å². The molecule has 0 N–H and O–H groups in total. The molecule has 0 amide bonds. The summed E-state index contributed by atoms with van der Waals surface area (Å²) in [6.45, 7) is 6.30. The summed E-state index contributed by atoms with van der Waals surface area (Å²) in [5.74, 6) is -0.384. The zero-order valence-electron chi connectivity index (χ0n) is 19.0. The van der Waals surface area contributed by atoms with Gasteiger partial charge in [0.25, 0.3) is 0 Å². The summed E-state index contributed by atoms with van der Waals surface area (Å²) in [7, 11) is 1.35. The molecule has 166 valence electrons. The molecule has 0 bridgehead atoms. The third-order valence-corrected chi connectivity index (χ3v) is 5.24. The van der Waals surface area contributed by atoms with Gasteiger partial charge in [0, 0.05) is 18.3 Å². The Balaban J connectivity index is 1.59. The number of aryl methyl sites for hydroxylation is 1. The SMILES string of the molecule is COC(=O)C(C)(C)OCc1ccc(/C=C\Cn2cccc2C(=O)c2ccc(C)cc2)cc1. The minimum Gasteiger partial charge on any atom is -0.467 e. The molecule has 0 unspecified atom stereocenters. The number of hydrogen-bond acceptors (Lipinski definition) is 4. The number of hydrogen-bond donors (Lipinski definition) is 0. The van der Waals surface area contributed by atoms with Crippen LogP contribution < -0.4 is 0 Å². The first-order valence-corrected chi connectivity index (χ1v) is 10.5. The van der Waals surface area contributed by atoms with Crippen molar-refractivity contribution in [2.75, 3.05) is 7.11 Å². The Labute approximate surface area is 189 Å². The smallest absolute Gasteiger partial charge is 0.337 e. The van der Waals surface area contributed by atoms with Gasteiger partial charge < -0.3 is 14.0 Å². The Kier molecular flexibility index (Phi) is 7.44. The van der Waals surface area contributed by atoms with E-state index in [9.17, 15) is 9.59 Å². The molecule has 2 aromatic carbocycles.